The lowest BCUT2D eigenvalue weighted by atomic mass is 10.1. The molecule has 0 fully saturated rings. The van der Waals surface area contributed by atoms with Gasteiger partial charge in [-0.05, 0) is 34.8 Å². The third-order valence-electron chi connectivity index (χ3n) is 2.22. The fourth-order valence-corrected chi connectivity index (χ4v) is 2.08. The molecule has 0 bridgehead atoms. The zero-order valence-corrected chi connectivity index (χ0v) is 9.40. The molecule has 17 heavy (non-hydrogen) atoms. The van der Waals surface area contributed by atoms with E-state index >= 15 is 0 Å². The number of anilines is 1. The van der Waals surface area contributed by atoms with Crippen molar-refractivity contribution in [2.45, 2.75) is 0 Å². The van der Waals surface area contributed by atoms with Gasteiger partial charge in [-0.3, -0.25) is 15.5 Å². The fraction of sp³-hybridized carbons (Fsp3) is 0. The first-order valence-electron chi connectivity index (χ1n) is 4.72. The fourth-order valence-electron chi connectivity index (χ4n) is 1.40. The molecular weight excluding hydrogens is 240 g/mol. The molecular formula is C11H8N2O3S. The zero-order valence-electron chi connectivity index (χ0n) is 8.58. The molecule has 0 aliphatic carbocycles. The molecule has 0 amide bonds. The number of nitrogens with one attached hydrogen (secondary N) is 1. The van der Waals surface area contributed by atoms with Gasteiger partial charge in [-0.15, -0.1) is 16.2 Å². The Balaban J connectivity index is 2.40. The number of carbonyl (C=O) groups is 1. The Labute approximate surface area is 101 Å². The van der Waals surface area contributed by atoms with E-state index in [0.29, 0.717) is 10.4 Å². The SMILES string of the molecule is O=Nc1ccc(C(=O)c2cccs2)cc1NO. The van der Waals surface area contributed by atoms with Gasteiger partial charge in [-0.2, -0.15) is 0 Å². The molecule has 86 valence electrons. The quantitative estimate of drug-likeness (QED) is 0.495. The molecule has 1 aromatic carbocycles. The normalized spacial score (nSPS) is 9.94. The van der Waals surface area contributed by atoms with Crippen LogP contribution in [0.5, 0.6) is 0 Å². The van der Waals surface area contributed by atoms with Gasteiger partial charge in [-0.25, -0.2) is 0 Å². The first-order valence-corrected chi connectivity index (χ1v) is 5.60. The van der Waals surface area contributed by atoms with Crippen molar-refractivity contribution in [3.05, 3.63) is 51.1 Å². The highest BCUT2D eigenvalue weighted by atomic mass is 32.1. The molecule has 0 aliphatic rings. The second kappa shape index (κ2) is 4.86. The summed E-state index contributed by atoms with van der Waals surface area (Å²) in [4.78, 5) is 23.0. The maximum Gasteiger partial charge on any atom is 0.203 e. The summed E-state index contributed by atoms with van der Waals surface area (Å²) in [7, 11) is 0. The summed E-state index contributed by atoms with van der Waals surface area (Å²) in [5, 5.41) is 13.4. The van der Waals surface area contributed by atoms with E-state index in [9.17, 15) is 9.70 Å². The molecule has 5 nitrogen and oxygen atoms in total. The predicted octanol–water partition coefficient (Wildman–Crippen LogP) is 3.18. The molecule has 6 heteroatoms. The number of nitroso groups, excluding NO2 is 1. The topological polar surface area (TPSA) is 78.8 Å². The first kappa shape index (κ1) is 11.4. The number of thiophene rings is 1. The minimum absolute atomic E-state index is 0.0511. The molecule has 2 aromatic rings. The van der Waals surface area contributed by atoms with E-state index in [2.05, 4.69) is 5.18 Å². The van der Waals surface area contributed by atoms with Crippen LogP contribution in [0.25, 0.3) is 0 Å². The number of carbonyl (C=O) groups excluding carboxylic acids is 1. The largest absolute Gasteiger partial charge is 0.291 e. The summed E-state index contributed by atoms with van der Waals surface area (Å²) in [6, 6.07) is 7.76. The van der Waals surface area contributed by atoms with Crippen molar-refractivity contribution in [1.29, 1.82) is 0 Å². The lowest BCUT2D eigenvalue weighted by Crippen LogP contribution is -2.00. The van der Waals surface area contributed by atoms with Crippen LogP contribution in [0.1, 0.15) is 15.2 Å². The van der Waals surface area contributed by atoms with Gasteiger partial charge >= 0.3 is 0 Å². The van der Waals surface area contributed by atoms with Crippen molar-refractivity contribution < 1.29 is 10.0 Å². The van der Waals surface area contributed by atoms with E-state index in [0.717, 1.165) is 0 Å². The predicted molar refractivity (Wildman–Crippen MR) is 65.1 cm³/mol. The molecule has 1 heterocycles. The molecule has 0 radical (unpaired) electrons. The summed E-state index contributed by atoms with van der Waals surface area (Å²) >= 11 is 1.33. The molecule has 2 rings (SSSR count). The van der Waals surface area contributed by atoms with Crippen LogP contribution < -0.4 is 5.48 Å². The average molecular weight is 248 g/mol. The Hall–Kier alpha value is -2.05. The summed E-state index contributed by atoms with van der Waals surface area (Å²) in [6.45, 7) is 0. The molecule has 1 aromatic heterocycles. The highest BCUT2D eigenvalue weighted by Gasteiger charge is 2.12. The van der Waals surface area contributed by atoms with Gasteiger partial charge in [0.05, 0.1) is 10.6 Å². The van der Waals surface area contributed by atoms with E-state index in [1.807, 2.05) is 5.48 Å². The Bertz CT molecular complexity index is 552. The van der Waals surface area contributed by atoms with Crippen molar-refractivity contribution >= 4 is 28.5 Å². The summed E-state index contributed by atoms with van der Waals surface area (Å²) in [5.74, 6) is -0.158. The molecule has 0 saturated heterocycles. The highest BCUT2D eigenvalue weighted by Crippen LogP contribution is 2.27. The Morgan fingerprint density at radius 1 is 1.35 bits per heavy atom. The van der Waals surface area contributed by atoms with Crippen LogP contribution in [-0.4, -0.2) is 11.0 Å². The lowest BCUT2D eigenvalue weighted by molar-refractivity contribution is 0.104. The Morgan fingerprint density at radius 2 is 2.18 bits per heavy atom. The number of hydrogen-bond donors (Lipinski definition) is 2. The van der Waals surface area contributed by atoms with Crippen LogP contribution in [0.4, 0.5) is 11.4 Å². The van der Waals surface area contributed by atoms with Crippen molar-refractivity contribution in [3.63, 3.8) is 0 Å². The van der Waals surface area contributed by atoms with Gasteiger partial charge in [0.1, 0.15) is 5.69 Å². The maximum atomic E-state index is 12.0. The average Bonchev–Trinajstić information content (AvgIpc) is 2.90. The van der Waals surface area contributed by atoms with Crippen molar-refractivity contribution in [3.8, 4) is 0 Å². The van der Waals surface area contributed by atoms with Gasteiger partial charge in [-0.1, -0.05) is 6.07 Å². The smallest absolute Gasteiger partial charge is 0.203 e. The summed E-state index contributed by atoms with van der Waals surface area (Å²) in [5.41, 5.74) is 2.39. The van der Waals surface area contributed by atoms with Gasteiger partial charge in [0.15, 0.2) is 0 Å². The van der Waals surface area contributed by atoms with Crippen molar-refractivity contribution in [1.82, 2.24) is 0 Å². The second-order valence-corrected chi connectivity index (χ2v) is 4.19. The Kier molecular flexibility index (Phi) is 3.27. The van der Waals surface area contributed by atoms with Crippen LogP contribution >= 0.6 is 11.3 Å². The van der Waals surface area contributed by atoms with E-state index in [1.165, 1.54) is 29.5 Å². The lowest BCUT2D eigenvalue weighted by Gasteiger charge is -2.04. The number of rotatable bonds is 4. The number of nitrogens with zero attached hydrogens (tertiary/aromatic N) is 1. The van der Waals surface area contributed by atoms with Gasteiger partial charge in [0.25, 0.3) is 0 Å². The number of hydrogen-bond acceptors (Lipinski definition) is 6. The van der Waals surface area contributed by atoms with Gasteiger partial charge < -0.3 is 0 Å². The summed E-state index contributed by atoms with van der Waals surface area (Å²) in [6.07, 6.45) is 0. The van der Waals surface area contributed by atoms with Crippen LogP contribution in [0.3, 0.4) is 0 Å². The van der Waals surface area contributed by atoms with Crippen LogP contribution in [-0.2, 0) is 0 Å². The number of ketones is 1. The monoisotopic (exact) mass is 248 g/mol. The van der Waals surface area contributed by atoms with E-state index in [-0.39, 0.29) is 17.2 Å². The third-order valence-corrected chi connectivity index (χ3v) is 3.09. The number of benzene rings is 1. The van der Waals surface area contributed by atoms with Gasteiger partial charge in [0, 0.05) is 5.56 Å². The van der Waals surface area contributed by atoms with Gasteiger partial charge in [0.2, 0.25) is 5.78 Å². The van der Waals surface area contributed by atoms with Crippen LogP contribution in [0.15, 0.2) is 40.9 Å². The molecule has 0 atom stereocenters. The first-order chi connectivity index (χ1) is 8.26. The maximum absolute atomic E-state index is 12.0. The molecule has 0 aliphatic heterocycles. The zero-order chi connectivity index (χ0) is 12.3. The van der Waals surface area contributed by atoms with E-state index in [4.69, 9.17) is 5.21 Å². The van der Waals surface area contributed by atoms with E-state index in [1.54, 1.807) is 17.5 Å². The van der Waals surface area contributed by atoms with E-state index < -0.39 is 0 Å². The molecule has 0 saturated carbocycles. The molecule has 2 N–H and O–H groups in total. The molecule has 0 spiro atoms. The third kappa shape index (κ3) is 2.22. The van der Waals surface area contributed by atoms with Crippen molar-refractivity contribution in [2.24, 2.45) is 5.18 Å². The highest BCUT2D eigenvalue weighted by molar-refractivity contribution is 7.12. The molecule has 0 unspecified atom stereocenters. The van der Waals surface area contributed by atoms with Crippen LogP contribution in [0.2, 0.25) is 0 Å². The Morgan fingerprint density at radius 3 is 2.76 bits per heavy atom. The standard InChI is InChI=1S/C11H8N2O3S/c14-11(10-2-1-5-17-10)7-3-4-8(12-15)9(6-7)13-16/h1-6,13,16H. The van der Waals surface area contributed by atoms with Crippen molar-refractivity contribution in [2.75, 3.05) is 5.48 Å². The minimum atomic E-state index is -0.158. The second-order valence-electron chi connectivity index (χ2n) is 3.24. The minimum Gasteiger partial charge on any atom is -0.291 e. The van der Waals surface area contributed by atoms with Crippen LogP contribution in [0, 0.1) is 4.91 Å². The summed E-state index contributed by atoms with van der Waals surface area (Å²) < 4.78 is 0.